The van der Waals surface area contributed by atoms with E-state index in [1.807, 2.05) is 0 Å². The van der Waals surface area contributed by atoms with E-state index in [-0.39, 0.29) is 6.04 Å². The van der Waals surface area contributed by atoms with Crippen molar-refractivity contribution in [3.05, 3.63) is 29.8 Å². The summed E-state index contributed by atoms with van der Waals surface area (Å²) in [6.07, 6.45) is 5.69. The molecule has 2 N–H and O–H groups in total. The molecule has 0 radical (unpaired) electrons. The van der Waals surface area contributed by atoms with E-state index in [0.717, 1.165) is 12.5 Å². The van der Waals surface area contributed by atoms with Crippen LogP contribution in [-0.4, -0.2) is 19.1 Å². The van der Waals surface area contributed by atoms with Gasteiger partial charge in [0.05, 0.1) is 0 Å². The van der Waals surface area contributed by atoms with E-state index in [0.29, 0.717) is 5.92 Å². The van der Waals surface area contributed by atoms with Crippen LogP contribution >= 0.6 is 0 Å². The van der Waals surface area contributed by atoms with Gasteiger partial charge >= 0.3 is 0 Å². The number of hydrogen-bond acceptors (Lipinski definition) is 2. The maximum Gasteiger partial charge on any atom is 0.0403 e. The van der Waals surface area contributed by atoms with Gasteiger partial charge in [-0.25, -0.2) is 0 Å². The number of anilines is 1. The first-order valence-electron chi connectivity index (χ1n) is 7.35. The number of rotatable bonds is 3. The highest BCUT2D eigenvalue weighted by molar-refractivity contribution is 5.60. The third-order valence-corrected chi connectivity index (χ3v) is 4.68. The number of fused-ring (bicyclic) bond motifs is 1. The molecule has 1 saturated carbocycles. The van der Waals surface area contributed by atoms with Crippen LogP contribution in [0.4, 0.5) is 5.69 Å². The average Bonchev–Trinajstić information content (AvgIpc) is 2.98. The Morgan fingerprint density at radius 3 is 2.72 bits per heavy atom. The van der Waals surface area contributed by atoms with Crippen molar-refractivity contribution in [2.24, 2.45) is 11.7 Å². The predicted molar refractivity (Wildman–Crippen MR) is 77.0 cm³/mol. The van der Waals surface area contributed by atoms with Crippen molar-refractivity contribution >= 4 is 5.69 Å². The smallest absolute Gasteiger partial charge is 0.0403 e. The molecule has 0 aromatic heterocycles. The summed E-state index contributed by atoms with van der Waals surface area (Å²) in [5, 5.41) is 0. The summed E-state index contributed by atoms with van der Waals surface area (Å²) >= 11 is 0. The van der Waals surface area contributed by atoms with Gasteiger partial charge in [-0.1, -0.05) is 31.0 Å². The first kappa shape index (κ1) is 12.0. The van der Waals surface area contributed by atoms with Gasteiger partial charge in [-0.05, 0) is 37.3 Å². The standard InChI is InChI=1S/C16H24N2/c1-12(17)15-11-18(10-13-6-2-3-7-13)16-9-5-4-8-14(15)16/h4-5,8-9,12-13,15H,2-3,6-7,10-11,17H2,1H3. The Labute approximate surface area is 110 Å². The van der Waals surface area contributed by atoms with Crippen LogP contribution in [0.25, 0.3) is 0 Å². The number of hydrogen-bond donors (Lipinski definition) is 1. The molecule has 0 spiro atoms. The van der Waals surface area contributed by atoms with E-state index in [2.05, 4.69) is 36.1 Å². The van der Waals surface area contributed by atoms with E-state index in [1.165, 1.54) is 43.5 Å². The molecule has 1 aromatic rings. The lowest BCUT2D eigenvalue weighted by atomic mass is 9.95. The average molecular weight is 244 g/mol. The lowest BCUT2D eigenvalue weighted by molar-refractivity contribution is 0.513. The van der Waals surface area contributed by atoms with E-state index in [9.17, 15) is 0 Å². The minimum atomic E-state index is 0.250. The van der Waals surface area contributed by atoms with Gasteiger partial charge in [0.1, 0.15) is 0 Å². The zero-order valence-corrected chi connectivity index (χ0v) is 11.3. The summed E-state index contributed by atoms with van der Waals surface area (Å²) in [5.74, 6) is 1.42. The summed E-state index contributed by atoms with van der Waals surface area (Å²) in [6.45, 7) is 4.49. The Morgan fingerprint density at radius 2 is 2.00 bits per heavy atom. The van der Waals surface area contributed by atoms with Crippen molar-refractivity contribution in [3.8, 4) is 0 Å². The normalized spacial score (nSPS) is 25.4. The third kappa shape index (κ3) is 2.14. The molecule has 0 saturated heterocycles. The van der Waals surface area contributed by atoms with Crippen molar-refractivity contribution in [1.82, 2.24) is 0 Å². The Morgan fingerprint density at radius 1 is 1.28 bits per heavy atom. The van der Waals surface area contributed by atoms with Crippen molar-refractivity contribution < 1.29 is 0 Å². The van der Waals surface area contributed by atoms with E-state index >= 15 is 0 Å². The van der Waals surface area contributed by atoms with Crippen LogP contribution < -0.4 is 10.6 Å². The molecule has 2 unspecified atom stereocenters. The zero-order valence-electron chi connectivity index (χ0n) is 11.3. The molecule has 2 aliphatic rings. The first-order valence-corrected chi connectivity index (χ1v) is 7.35. The number of nitrogens with two attached hydrogens (primary N) is 1. The van der Waals surface area contributed by atoms with Gasteiger partial charge in [0, 0.05) is 30.7 Å². The molecule has 1 aliphatic heterocycles. The fourth-order valence-corrected chi connectivity index (χ4v) is 3.65. The van der Waals surface area contributed by atoms with E-state index < -0.39 is 0 Å². The quantitative estimate of drug-likeness (QED) is 0.885. The fraction of sp³-hybridized carbons (Fsp3) is 0.625. The lowest BCUT2D eigenvalue weighted by Gasteiger charge is -2.24. The second-order valence-electron chi connectivity index (χ2n) is 6.08. The van der Waals surface area contributed by atoms with Crippen molar-refractivity contribution in [2.45, 2.75) is 44.6 Å². The Balaban J connectivity index is 1.80. The second kappa shape index (κ2) is 4.93. The van der Waals surface area contributed by atoms with Gasteiger partial charge in [0.25, 0.3) is 0 Å². The molecule has 18 heavy (non-hydrogen) atoms. The molecule has 98 valence electrons. The SMILES string of the molecule is CC(N)C1CN(CC2CCCC2)c2ccccc21. The van der Waals surface area contributed by atoms with Crippen LogP contribution in [0.1, 0.15) is 44.1 Å². The van der Waals surface area contributed by atoms with Crippen LogP contribution in [0, 0.1) is 5.92 Å². The zero-order chi connectivity index (χ0) is 12.5. The van der Waals surface area contributed by atoms with Gasteiger partial charge in [0.2, 0.25) is 0 Å². The van der Waals surface area contributed by atoms with Crippen LogP contribution in [0.2, 0.25) is 0 Å². The number of nitrogens with zero attached hydrogens (tertiary/aromatic N) is 1. The molecule has 1 fully saturated rings. The maximum absolute atomic E-state index is 6.16. The fourth-order valence-electron chi connectivity index (χ4n) is 3.65. The topological polar surface area (TPSA) is 29.3 Å². The summed E-state index contributed by atoms with van der Waals surface area (Å²) in [7, 11) is 0. The Hall–Kier alpha value is -1.02. The maximum atomic E-state index is 6.16. The molecular weight excluding hydrogens is 220 g/mol. The molecule has 2 heteroatoms. The molecule has 1 heterocycles. The Kier molecular flexibility index (Phi) is 3.29. The highest BCUT2D eigenvalue weighted by Crippen LogP contribution is 2.39. The highest BCUT2D eigenvalue weighted by atomic mass is 15.2. The lowest BCUT2D eigenvalue weighted by Crippen LogP contribution is -2.32. The summed E-state index contributed by atoms with van der Waals surface area (Å²) in [5.41, 5.74) is 9.06. The van der Waals surface area contributed by atoms with Crippen molar-refractivity contribution in [3.63, 3.8) is 0 Å². The minimum Gasteiger partial charge on any atom is -0.370 e. The second-order valence-corrected chi connectivity index (χ2v) is 6.08. The highest BCUT2D eigenvalue weighted by Gasteiger charge is 2.32. The molecule has 3 rings (SSSR count). The van der Waals surface area contributed by atoms with Gasteiger partial charge in [-0.15, -0.1) is 0 Å². The van der Waals surface area contributed by atoms with Crippen molar-refractivity contribution in [1.29, 1.82) is 0 Å². The minimum absolute atomic E-state index is 0.250. The number of benzene rings is 1. The first-order chi connectivity index (χ1) is 8.75. The molecule has 0 amide bonds. The van der Waals surface area contributed by atoms with Gasteiger partial charge in [-0.3, -0.25) is 0 Å². The Bertz CT molecular complexity index is 405. The molecular formula is C16H24N2. The summed E-state index contributed by atoms with van der Waals surface area (Å²) in [6, 6.07) is 9.09. The number of para-hydroxylation sites is 1. The predicted octanol–water partition coefficient (Wildman–Crippen LogP) is 3.13. The van der Waals surface area contributed by atoms with E-state index in [1.54, 1.807) is 0 Å². The third-order valence-electron chi connectivity index (χ3n) is 4.68. The van der Waals surface area contributed by atoms with Crippen LogP contribution in [0.5, 0.6) is 0 Å². The summed E-state index contributed by atoms with van der Waals surface area (Å²) in [4.78, 5) is 2.58. The van der Waals surface area contributed by atoms with Crippen molar-refractivity contribution in [2.75, 3.05) is 18.0 Å². The van der Waals surface area contributed by atoms with Crippen LogP contribution in [0.3, 0.4) is 0 Å². The molecule has 1 aliphatic carbocycles. The molecule has 0 bridgehead atoms. The van der Waals surface area contributed by atoms with Gasteiger partial charge < -0.3 is 10.6 Å². The van der Waals surface area contributed by atoms with E-state index in [4.69, 9.17) is 5.73 Å². The molecule has 2 nitrogen and oxygen atoms in total. The largest absolute Gasteiger partial charge is 0.370 e. The molecule has 2 atom stereocenters. The monoisotopic (exact) mass is 244 g/mol. The van der Waals surface area contributed by atoms with Gasteiger partial charge in [-0.2, -0.15) is 0 Å². The summed E-state index contributed by atoms with van der Waals surface area (Å²) < 4.78 is 0. The van der Waals surface area contributed by atoms with Crippen LogP contribution in [-0.2, 0) is 0 Å². The molecule has 1 aromatic carbocycles. The van der Waals surface area contributed by atoms with Crippen LogP contribution in [0.15, 0.2) is 24.3 Å². The van der Waals surface area contributed by atoms with Gasteiger partial charge in [0.15, 0.2) is 0 Å².